The van der Waals surface area contributed by atoms with Crippen LogP contribution in [0.15, 0.2) is 24.3 Å². The lowest BCUT2D eigenvalue weighted by molar-refractivity contribution is -0.136. The van der Waals surface area contributed by atoms with Crippen molar-refractivity contribution in [1.29, 1.82) is 0 Å². The van der Waals surface area contributed by atoms with E-state index in [4.69, 9.17) is 9.84 Å². The highest BCUT2D eigenvalue weighted by molar-refractivity contribution is 5.70. The van der Waals surface area contributed by atoms with Crippen molar-refractivity contribution in [2.45, 2.75) is 26.8 Å². The van der Waals surface area contributed by atoms with Crippen LogP contribution in [0.1, 0.15) is 22.5 Å². The number of carboxylic acid groups (broad SMARTS) is 1. The number of aromatic nitrogens is 2. The fourth-order valence-corrected chi connectivity index (χ4v) is 2.20. The van der Waals surface area contributed by atoms with Gasteiger partial charge in [-0.2, -0.15) is 5.10 Å². The molecule has 1 aromatic carbocycles. The number of rotatable bonds is 5. The normalized spacial score (nSPS) is 10.6. The Morgan fingerprint density at radius 3 is 2.50 bits per heavy atom. The van der Waals surface area contributed by atoms with Crippen LogP contribution in [0.2, 0.25) is 0 Å². The number of aryl methyl sites for hydroxylation is 1. The molecule has 0 amide bonds. The summed E-state index contributed by atoms with van der Waals surface area (Å²) in [5, 5.41) is 13.3. The number of nitrogens with zero attached hydrogens (tertiary/aromatic N) is 2. The van der Waals surface area contributed by atoms with Crippen LogP contribution in [0, 0.1) is 13.8 Å². The standard InChI is InChI=1S/C15H18N2O3/c1-10-14(8-15(18)19)11(2)17(16-10)9-12-4-6-13(20-3)7-5-12/h4-7H,8-9H2,1-3H3,(H,18,19). The van der Waals surface area contributed by atoms with E-state index in [0.717, 1.165) is 28.3 Å². The fourth-order valence-electron chi connectivity index (χ4n) is 2.20. The first-order valence-electron chi connectivity index (χ1n) is 6.39. The molecule has 2 aromatic rings. The summed E-state index contributed by atoms with van der Waals surface area (Å²) in [6.07, 6.45) is 0.0142. The number of carbonyl (C=O) groups is 1. The maximum Gasteiger partial charge on any atom is 0.307 e. The molecule has 5 heteroatoms. The van der Waals surface area contributed by atoms with E-state index in [-0.39, 0.29) is 6.42 Å². The SMILES string of the molecule is COc1ccc(Cn2nc(C)c(CC(=O)O)c2C)cc1. The van der Waals surface area contributed by atoms with Crippen molar-refractivity contribution >= 4 is 5.97 Å². The molecule has 0 fully saturated rings. The first kappa shape index (κ1) is 14.1. The van der Waals surface area contributed by atoms with Crippen LogP contribution in [0.25, 0.3) is 0 Å². The summed E-state index contributed by atoms with van der Waals surface area (Å²) >= 11 is 0. The van der Waals surface area contributed by atoms with E-state index in [1.807, 2.05) is 42.8 Å². The van der Waals surface area contributed by atoms with Crippen molar-refractivity contribution in [1.82, 2.24) is 9.78 Å². The number of ether oxygens (including phenoxy) is 1. The van der Waals surface area contributed by atoms with Gasteiger partial charge in [-0.15, -0.1) is 0 Å². The average Bonchev–Trinajstić information content (AvgIpc) is 2.67. The van der Waals surface area contributed by atoms with E-state index in [1.165, 1.54) is 0 Å². The second-order valence-electron chi connectivity index (χ2n) is 4.73. The van der Waals surface area contributed by atoms with Gasteiger partial charge in [-0.25, -0.2) is 0 Å². The van der Waals surface area contributed by atoms with Gasteiger partial charge in [0.2, 0.25) is 0 Å². The van der Waals surface area contributed by atoms with E-state index in [9.17, 15) is 4.79 Å². The van der Waals surface area contributed by atoms with Crippen LogP contribution in [0.5, 0.6) is 5.75 Å². The molecule has 1 aromatic heterocycles. The third kappa shape index (κ3) is 2.99. The largest absolute Gasteiger partial charge is 0.497 e. The molecule has 0 unspecified atom stereocenters. The second kappa shape index (κ2) is 5.77. The lowest BCUT2D eigenvalue weighted by Crippen LogP contribution is -2.06. The van der Waals surface area contributed by atoms with Gasteiger partial charge in [0.25, 0.3) is 0 Å². The Balaban J connectivity index is 2.22. The van der Waals surface area contributed by atoms with Crippen molar-refractivity contribution in [2.24, 2.45) is 0 Å². The minimum Gasteiger partial charge on any atom is -0.497 e. The zero-order valence-electron chi connectivity index (χ0n) is 11.9. The van der Waals surface area contributed by atoms with Crippen molar-refractivity contribution in [2.75, 3.05) is 7.11 Å². The zero-order chi connectivity index (χ0) is 14.7. The van der Waals surface area contributed by atoms with E-state index >= 15 is 0 Å². The third-order valence-corrected chi connectivity index (χ3v) is 3.35. The summed E-state index contributed by atoms with van der Waals surface area (Å²) < 4.78 is 6.97. The van der Waals surface area contributed by atoms with E-state index in [1.54, 1.807) is 7.11 Å². The predicted molar refractivity (Wildman–Crippen MR) is 75.1 cm³/mol. The lowest BCUT2D eigenvalue weighted by Gasteiger charge is -2.06. The molecule has 20 heavy (non-hydrogen) atoms. The van der Waals surface area contributed by atoms with Gasteiger partial charge in [-0.05, 0) is 31.5 Å². The maximum atomic E-state index is 10.9. The fraction of sp³-hybridized carbons (Fsp3) is 0.333. The summed E-state index contributed by atoms with van der Waals surface area (Å²) in [4.78, 5) is 10.9. The van der Waals surface area contributed by atoms with Crippen LogP contribution in [0.3, 0.4) is 0 Å². The Hall–Kier alpha value is -2.30. The zero-order valence-corrected chi connectivity index (χ0v) is 11.9. The van der Waals surface area contributed by atoms with Gasteiger partial charge in [0.15, 0.2) is 0 Å². The number of hydrogen-bond donors (Lipinski definition) is 1. The monoisotopic (exact) mass is 274 g/mol. The molecular formula is C15H18N2O3. The van der Waals surface area contributed by atoms with Gasteiger partial charge in [0, 0.05) is 11.3 Å². The summed E-state index contributed by atoms with van der Waals surface area (Å²) in [6, 6.07) is 7.76. The summed E-state index contributed by atoms with van der Waals surface area (Å²) in [5.74, 6) is -0.0196. The van der Waals surface area contributed by atoms with Crippen molar-refractivity contribution in [3.63, 3.8) is 0 Å². The summed E-state index contributed by atoms with van der Waals surface area (Å²) in [5.41, 5.74) is 3.57. The van der Waals surface area contributed by atoms with Crippen molar-refractivity contribution < 1.29 is 14.6 Å². The molecule has 0 bridgehead atoms. The number of aliphatic carboxylic acids is 1. The molecule has 106 valence electrons. The predicted octanol–water partition coefficient (Wildman–Crippen LogP) is 2.18. The van der Waals surface area contributed by atoms with Gasteiger partial charge in [0.05, 0.1) is 25.8 Å². The molecule has 0 aliphatic carbocycles. The minimum absolute atomic E-state index is 0.0142. The maximum absolute atomic E-state index is 10.9. The molecule has 0 aliphatic heterocycles. The minimum atomic E-state index is -0.833. The van der Waals surface area contributed by atoms with Gasteiger partial charge in [-0.1, -0.05) is 12.1 Å². The molecule has 0 aliphatic rings. The Morgan fingerprint density at radius 2 is 1.95 bits per heavy atom. The highest BCUT2D eigenvalue weighted by Gasteiger charge is 2.14. The van der Waals surface area contributed by atoms with Crippen LogP contribution in [-0.2, 0) is 17.8 Å². The number of benzene rings is 1. The van der Waals surface area contributed by atoms with Crippen molar-refractivity contribution in [3.8, 4) is 5.75 Å². The molecule has 1 heterocycles. The Labute approximate surface area is 117 Å². The smallest absolute Gasteiger partial charge is 0.307 e. The molecule has 0 atom stereocenters. The van der Waals surface area contributed by atoms with Crippen LogP contribution in [-0.4, -0.2) is 28.0 Å². The highest BCUT2D eigenvalue weighted by Crippen LogP contribution is 2.17. The average molecular weight is 274 g/mol. The summed E-state index contributed by atoms with van der Waals surface area (Å²) in [7, 11) is 1.63. The highest BCUT2D eigenvalue weighted by atomic mass is 16.5. The van der Waals surface area contributed by atoms with Gasteiger partial charge in [-0.3, -0.25) is 9.48 Å². The van der Waals surface area contributed by atoms with E-state index in [0.29, 0.717) is 6.54 Å². The molecule has 0 radical (unpaired) electrons. The molecule has 5 nitrogen and oxygen atoms in total. The van der Waals surface area contributed by atoms with E-state index in [2.05, 4.69) is 5.10 Å². The molecule has 0 spiro atoms. The van der Waals surface area contributed by atoms with Crippen LogP contribution < -0.4 is 4.74 Å². The second-order valence-corrected chi connectivity index (χ2v) is 4.73. The molecule has 1 N–H and O–H groups in total. The van der Waals surface area contributed by atoms with Gasteiger partial charge < -0.3 is 9.84 Å². The molecular weight excluding hydrogens is 256 g/mol. The van der Waals surface area contributed by atoms with E-state index < -0.39 is 5.97 Å². The summed E-state index contributed by atoms with van der Waals surface area (Å²) in [6.45, 7) is 4.37. The number of methoxy groups -OCH3 is 1. The number of hydrogen-bond acceptors (Lipinski definition) is 3. The van der Waals surface area contributed by atoms with Gasteiger partial charge >= 0.3 is 5.97 Å². The lowest BCUT2D eigenvalue weighted by atomic mass is 10.1. The van der Waals surface area contributed by atoms with Crippen molar-refractivity contribution in [3.05, 3.63) is 46.8 Å². The van der Waals surface area contributed by atoms with Crippen LogP contribution >= 0.6 is 0 Å². The first-order chi connectivity index (χ1) is 9.51. The molecule has 0 saturated heterocycles. The third-order valence-electron chi connectivity index (χ3n) is 3.35. The van der Waals surface area contributed by atoms with Crippen LogP contribution in [0.4, 0.5) is 0 Å². The Morgan fingerprint density at radius 1 is 1.30 bits per heavy atom. The Kier molecular flexibility index (Phi) is 4.08. The number of carboxylic acids is 1. The quantitative estimate of drug-likeness (QED) is 0.907. The topological polar surface area (TPSA) is 64.4 Å². The first-order valence-corrected chi connectivity index (χ1v) is 6.39. The molecule has 0 saturated carbocycles. The Bertz CT molecular complexity index is 615. The van der Waals surface area contributed by atoms with Gasteiger partial charge in [0.1, 0.15) is 5.75 Å². The molecule has 2 rings (SSSR count).